The van der Waals surface area contributed by atoms with Gasteiger partial charge in [0.15, 0.2) is 0 Å². The first kappa shape index (κ1) is 22.2. The molecular formula is C17H14Br2FI3N2. The fourth-order valence-electron chi connectivity index (χ4n) is 2.21. The summed E-state index contributed by atoms with van der Waals surface area (Å²) >= 11 is 13.4. The van der Waals surface area contributed by atoms with E-state index in [-0.39, 0.29) is 0 Å². The van der Waals surface area contributed by atoms with Crippen LogP contribution in [-0.4, -0.2) is 17.1 Å². The van der Waals surface area contributed by atoms with Gasteiger partial charge in [0, 0.05) is 58.0 Å². The van der Waals surface area contributed by atoms with E-state index in [9.17, 15) is 4.39 Å². The van der Waals surface area contributed by atoms with Crippen LogP contribution in [0.5, 0.6) is 0 Å². The van der Waals surface area contributed by atoms with Crippen LogP contribution in [0.25, 0.3) is 0 Å². The monoisotopic (exact) mass is 805 g/mol. The maximum absolute atomic E-state index is 9.96. The van der Waals surface area contributed by atoms with E-state index in [1.165, 1.54) is 22.3 Å². The predicted molar refractivity (Wildman–Crippen MR) is 139 cm³/mol. The average Bonchev–Trinajstić information content (AvgIpc) is 3.24. The molecule has 8 heteroatoms. The van der Waals surface area contributed by atoms with Crippen molar-refractivity contribution in [1.82, 2.24) is 0 Å². The Hall–Kier alpha value is 0.860. The lowest BCUT2D eigenvalue weighted by Gasteiger charge is -1.97. The van der Waals surface area contributed by atoms with Crippen LogP contribution >= 0.6 is 91.7 Å². The minimum atomic E-state index is -1.00. The lowest BCUT2D eigenvalue weighted by Crippen LogP contribution is -1.86. The smallest absolute Gasteiger partial charge is 0.103 e. The van der Waals surface area contributed by atoms with Gasteiger partial charge in [-0.2, -0.15) is 0 Å². The van der Waals surface area contributed by atoms with Gasteiger partial charge in [-0.3, -0.25) is 14.4 Å². The van der Waals surface area contributed by atoms with Crippen LogP contribution < -0.4 is 0 Å². The highest BCUT2D eigenvalue weighted by Gasteiger charge is 2.12. The summed E-state index contributed by atoms with van der Waals surface area (Å²) in [5.74, 6) is 0. The molecule has 4 rings (SSSR count). The van der Waals surface area contributed by atoms with Gasteiger partial charge in [0.05, 0.1) is 21.6 Å². The highest BCUT2D eigenvalue weighted by atomic mass is 128. The molecule has 0 radical (unpaired) electrons. The molecule has 0 N–H and O–H groups in total. The number of fused-ring (bicyclic) bond motifs is 2. The number of benzene rings is 2. The molecule has 25 heavy (non-hydrogen) atoms. The van der Waals surface area contributed by atoms with Gasteiger partial charge in [0.1, 0.15) is 3.72 Å². The normalized spacial score (nSPS) is 12.9. The van der Waals surface area contributed by atoms with Crippen LogP contribution in [0.3, 0.4) is 0 Å². The first-order valence-corrected chi connectivity index (χ1v) is 15.8. The van der Waals surface area contributed by atoms with Gasteiger partial charge in [-0.15, -0.1) is 0 Å². The number of halogens is 6. The van der Waals surface area contributed by atoms with Crippen molar-refractivity contribution in [2.24, 2.45) is 9.98 Å². The number of hydrogen-bond donors (Lipinski definition) is 0. The quantitative estimate of drug-likeness (QED) is 0.242. The zero-order valence-electron chi connectivity index (χ0n) is 13.8. The Morgan fingerprint density at radius 2 is 1.64 bits per heavy atom. The molecule has 2 aliphatic heterocycles. The molecular weight excluding hydrogens is 792 g/mol. The van der Waals surface area contributed by atoms with E-state index in [2.05, 4.69) is 132 Å². The van der Waals surface area contributed by atoms with Gasteiger partial charge in [-0.1, -0.05) is 44.0 Å². The van der Waals surface area contributed by atoms with Crippen LogP contribution in [0.2, 0.25) is 0 Å². The highest BCUT2D eigenvalue weighted by Crippen LogP contribution is 2.25. The Bertz CT molecular complexity index is 789. The van der Waals surface area contributed by atoms with Crippen LogP contribution in [0.15, 0.2) is 55.3 Å². The molecule has 0 atom stereocenters. The van der Waals surface area contributed by atoms with E-state index in [1.54, 1.807) is 0 Å². The fourth-order valence-corrected chi connectivity index (χ4v) is 3.73. The van der Waals surface area contributed by atoms with Crippen molar-refractivity contribution in [3.05, 3.63) is 67.6 Å². The Kier molecular flexibility index (Phi) is 11.6. The Morgan fingerprint density at radius 1 is 1.04 bits per heavy atom. The molecule has 0 bridgehead atoms. The molecule has 0 aromatic heterocycles. The van der Waals surface area contributed by atoms with Gasteiger partial charge < -0.3 is 0 Å². The van der Waals surface area contributed by atoms with Crippen LogP contribution in [0.1, 0.15) is 23.6 Å². The number of alkyl halides is 1. The van der Waals surface area contributed by atoms with E-state index < -0.39 is 7.15 Å². The van der Waals surface area contributed by atoms with Crippen molar-refractivity contribution in [3.8, 4) is 0 Å². The van der Waals surface area contributed by atoms with Crippen LogP contribution in [0, 0.1) is 0 Å². The number of rotatable bonds is 0. The van der Waals surface area contributed by atoms with E-state index >= 15 is 0 Å². The maximum Gasteiger partial charge on any atom is 0.103 e. The summed E-state index contributed by atoms with van der Waals surface area (Å²) in [4.78, 5) is 8.47. The van der Waals surface area contributed by atoms with Crippen molar-refractivity contribution in [1.29, 1.82) is 0 Å². The fraction of sp³-hybridized carbons (Fsp3) is 0.176. The highest BCUT2D eigenvalue weighted by molar-refractivity contribution is 15.0. The van der Waals surface area contributed by atoms with E-state index in [1.807, 2.05) is 12.3 Å². The molecule has 134 valence electrons. The van der Waals surface area contributed by atoms with E-state index in [0.29, 0.717) is 0 Å². The maximum atomic E-state index is 9.96. The Morgan fingerprint density at radius 3 is 2.32 bits per heavy atom. The van der Waals surface area contributed by atoms with Crippen LogP contribution in [0.4, 0.5) is 4.39 Å². The third-order valence-electron chi connectivity index (χ3n) is 3.27. The molecule has 2 nitrogen and oxygen atoms in total. The van der Waals surface area contributed by atoms with E-state index in [0.717, 1.165) is 25.8 Å². The SMILES string of the molecule is Brc1ccc2c(c1)CN=C2.Brc1ccc2c(c1)CN=C2I.II.[2H]CF. The molecule has 0 saturated heterocycles. The van der Waals surface area contributed by atoms with Crippen molar-refractivity contribution < 1.29 is 5.76 Å². The summed E-state index contributed by atoms with van der Waals surface area (Å²) in [5, 5.41) is 0. The zero-order chi connectivity index (χ0) is 19.5. The van der Waals surface area contributed by atoms with Crippen molar-refractivity contribution >= 4 is 102 Å². The van der Waals surface area contributed by atoms with E-state index in [4.69, 9.17) is 1.37 Å². The molecule has 0 spiro atoms. The van der Waals surface area contributed by atoms with Gasteiger partial charge in [-0.25, -0.2) is 0 Å². The van der Waals surface area contributed by atoms with Gasteiger partial charge in [-0.05, 0) is 63.5 Å². The largest absolute Gasteiger partial charge is 0.288 e. The van der Waals surface area contributed by atoms with Gasteiger partial charge in [0.2, 0.25) is 0 Å². The molecule has 2 aliphatic rings. The summed E-state index contributed by atoms with van der Waals surface area (Å²) in [5.41, 5.74) is 5.18. The van der Waals surface area contributed by atoms with Crippen molar-refractivity contribution in [2.45, 2.75) is 13.1 Å². The first-order chi connectivity index (χ1) is 12.5. The third-order valence-corrected chi connectivity index (χ3v) is 5.18. The third kappa shape index (κ3) is 7.41. The minimum absolute atomic E-state index is 0.840. The number of aliphatic imine (C=N–C) groups is 2. The summed E-state index contributed by atoms with van der Waals surface area (Å²) in [6.45, 7) is 1.68. The second-order valence-corrected chi connectivity index (χ2v) is 7.57. The van der Waals surface area contributed by atoms with Crippen molar-refractivity contribution in [2.75, 3.05) is 7.15 Å². The molecule has 0 saturated carbocycles. The second-order valence-electron chi connectivity index (χ2n) is 4.72. The predicted octanol–water partition coefficient (Wildman–Crippen LogP) is 7.88. The second kappa shape index (κ2) is 13.1. The topological polar surface area (TPSA) is 24.7 Å². The van der Waals surface area contributed by atoms with Gasteiger partial charge >= 0.3 is 0 Å². The van der Waals surface area contributed by atoms with Crippen LogP contribution in [-0.2, 0) is 13.1 Å². The first-order valence-electron chi connectivity index (χ1n) is 7.52. The lowest BCUT2D eigenvalue weighted by molar-refractivity contribution is 0.636. The summed E-state index contributed by atoms with van der Waals surface area (Å²) in [6.07, 6.45) is 1.92. The molecule has 0 unspecified atom stereocenters. The minimum Gasteiger partial charge on any atom is -0.288 e. The molecule has 2 aromatic rings. The molecule has 0 aliphatic carbocycles. The average molecular weight is 807 g/mol. The molecule has 0 amide bonds. The van der Waals surface area contributed by atoms with Gasteiger partial charge in [0.25, 0.3) is 0 Å². The summed E-state index contributed by atoms with van der Waals surface area (Å²) in [7, 11) is -1.00. The lowest BCUT2D eigenvalue weighted by atomic mass is 10.1. The number of hydrogen-bond acceptors (Lipinski definition) is 2. The number of nitrogens with zero attached hydrogens (tertiary/aromatic N) is 2. The van der Waals surface area contributed by atoms with Crippen molar-refractivity contribution in [3.63, 3.8) is 0 Å². The zero-order valence-corrected chi connectivity index (χ0v) is 22.5. The summed E-state index contributed by atoms with van der Waals surface area (Å²) in [6, 6.07) is 12.5. The standard InChI is InChI=1S/C8H5BrIN.C8H6BrN.CH3F.I2/c9-6-1-2-7-5(3-6)4-11-8(7)10;9-8-2-1-6-4-10-5-7(6)3-8;2*1-2/h1-3H,4H2;1-4H,5H2;1H3;/i;;1D;. The molecule has 0 fully saturated rings. The molecule has 2 heterocycles. The summed E-state index contributed by atoms with van der Waals surface area (Å²) < 4.78 is 18.9. The Balaban J connectivity index is 0.000000210. The molecule has 2 aromatic carbocycles. The Labute approximate surface area is 202 Å².